The van der Waals surface area contributed by atoms with Crippen LogP contribution in [-0.2, 0) is 0 Å². The third-order valence-electron chi connectivity index (χ3n) is 6.79. The molecular weight excluding hydrogens is 360 g/mol. The monoisotopic (exact) mass is 390 g/mol. The second-order valence-corrected chi connectivity index (χ2v) is 8.44. The van der Waals surface area contributed by atoms with Crippen molar-refractivity contribution in [2.75, 3.05) is 57.3 Å². The summed E-state index contributed by atoms with van der Waals surface area (Å²) in [7, 11) is 0. The largest absolute Gasteiger partial charge is 0.368 e. The van der Waals surface area contributed by atoms with Gasteiger partial charge in [0.05, 0.1) is 0 Å². The van der Waals surface area contributed by atoms with Gasteiger partial charge in [-0.05, 0) is 36.1 Å². The van der Waals surface area contributed by atoms with Crippen LogP contribution in [0.15, 0.2) is 54.6 Å². The molecule has 4 saturated heterocycles. The van der Waals surface area contributed by atoms with Gasteiger partial charge in [0.2, 0.25) is 0 Å². The van der Waals surface area contributed by atoms with Gasteiger partial charge in [-0.3, -0.25) is 0 Å². The second-order valence-electron chi connectivity index (χ2n) is 8.44. The summed E-state index contributed by atoms with van der Waals surface area (Å²) in [5, 5.41) is 0. The SMILES string of the molecule is O=C(N1CCN(c2ccc(-c3ccccc3)cc2)CC1)N1CCN2CCC1CC2. The van der Waals surface area contributed by atoms with Gasteiger partial charge in [0.15, 0.2) is 0 Å². The van der Waals surface area contributed by atoms with Crippen molar-refractivity contribution in [2.24, 2.45) is 0 Å². The minimum absolute atomic E-state index is 0.262. The predicted molar refractivity (Wildman–Crippen MR) is 117 cm³/mol. The highest BCUT2D eigenvalue weighted by Crippen LogP contribution is 2.25. The van der Waals surface area contributed by atoms with E-state index in [0.717, 1.165) is 65.2 Å². The number of carbonyl (C=O) groups is 1. The first kappa shape index (κ1) is 18.5. The van der Waals surface area contributed by atoms with Gasteiger partial charge in [0.1, 0.15) is 0 Å². The molecule has 0 saturated carbocycles. The van der Waals surface area contributed by atoms with Crippen LogP contribution in [0, 0.1) is 0 Å². The van der Waals surface area contributed by atoms with Crippen molar-refractivity contribution >= 4 is 11.7 Å². The molecule has 4 aliphatic rings. The van der Waals surface area contributed by atoms with Gasteiger partial charge in [0, 0.05) is 64.1 Å². The minimum atomic E-state index is 0.262. The number of hydrogen-bond acceptors (Lipinski definition) is 3. The number of amides is 2. The third-order valence-corrected chi connectivity index (χ3v) is 6.79. The Morgan fingerprint density at radius 2 is 1.34 bits per heavy atom. The Balaban J connectivity index is 1.20. The fraction of sp³-hybridized carbons (Fsp3) is 0.458. The predicted octanol–water partition coefficient (Wildman–Crippen LogP) is 3.38. The van der Waals surface area contributed by atoms with Gasteiger partial charge in [0.25, 0.3) is 0 Å². The molecule has 2 aromatic carbocycles. The molecule has 0 spiro atoms. The number of nitrogens with zero attached hydrogens (tertiary/aromatic N) is 4. The molecule has 6 rings (SSSR count). The van der Waals surface area contributed by atoms with E-state index in [4.69, 9.17) is 0 Å². The quantitative estimate of drug-likeness (QED) is 0.788. The number of anilines is 1. The Labute approximate surface area is 173 Å². The van der Waals surface area contributed by atoms with Gasteiger partial charge in [-0.2, -0.15) is 0 Å². The van der Waals surface area contributed by atoms with E-state index in [-0.39, 0.29) is 6.03 Å². The average molecular weight is 391 g/mol. The number of carbonyl (C=O) groups excluding carboxylic acids is 1. The zero-order valence-electron chi connectivity index (χ0n) is 17.0. The highest BCUT2D eigenvalue weighted by atomic mass is 16.2. The number of benzene rings is 2. The molecule has 2 aromatic rings. The van der Waals surface area contributed by atoms with E-state index in [9.17, 15) is 4.79 Å². The fourth-order valence-corrected chi connectivity index (χ4v) is 4.97. The van der Waals surface area contributed by atoms with Crippen LogP contribution in [0.3, 0.4) is 0 Å². The molecule has 152 valence electrons. The molecule has 2 amide bonds. The van der Waals surface area contributed by atoms with Crippen LogP contribution in [0.2, 0.25) is 0 Å². The van der Waals surface area contributed by atoms with Crippen molar-refractivity contribution in [1.29, 1.82) is 0 Å². The van der Waals surface area contributed by atoms with Crippen molar-refractivity contribution in [3.63, 3.8) is 0 Å². The van der Waals surface area contributed by atoms with Gasteiger partial charge in [-0.15, -0.1) is 0 Å². The molecule has 0 N–H and O–H groups in total. The maximum absolute atomic E-state index is 13.2. The van der Waals surface area contributed by atoms with Crippen LogP contribution in [0.4, 0.5) is 10.5 Å². The molecule has 4 heterocycles. The summed E-state index contributed by atoms with van der Waals surface area (Å²) in [6, 6.07) is 20.0. The van der Waals surface area contributed by atoms with Crippen molar-refractivity contribution in [3.8, 4) is 11.1 Å². The Bertz CT molecular complexity index is 822. The maximum Gasteiger partial charge on any atom is 0.320 e. The van der Waals surface area contributed by atoms with E-state index >= 15 is 0 Å². The summed E-state index contributed by atoms with van der Waals surface area (Å²) < 4.78 is 0. The summed E-state index contributed by atoms with van der Waals surface area (Å²) in [4.78, 5) is 22.3. The van der Waals surface area contributed by atoms with E-state index in [1.54, 1.807) is 0 Å². The molecule has 5 nitrogen and oxygen atoms in total. The van der Waals surface area contributed by atoms with Crippen molar-refractivity contribution in [3.05, 3.63) is 54.6 Å². The van der Waals surface area contributed by atoms with Crippen molar-refractivity contribution < 1.29 is 4.79 Å². The number of hydrogen-bond donors (Lipinski definition) is 0. The molecule has 0 unspecified atom stereocenters. The van der Waals surface area contributed by atoms with Crippen LogP contribution in [0.5, 0.6) is 0 Å². The second kappa shape index (κ2) is 8.07. The normalized spacial score (nSPS) is 24.5. The minimum Gasteiger partial charge on any atom is -0.368 e. The van der Waals surface area contributed by atoms with Crippen LogP contribution in [-0.4, -0.2) is 79.1 Å². The molecule has 4 fully saturated rings. The zero-order chi connectivity index (χ0) is 19.6. The molecule has 5 heteroatoms. The number of piperidine rings is 1. The number of piperazine rings is 1. The van der Waals surface area contributed by atoms with Crippen LogP contribution in [0.1, 0.15) is 12.8 Å². The van der Waals surface area contributed by atoms with Gasteiger partial charge in [-0.1, -0.05) is 42.5 Å². The number of fused-ring (bicyclic) bond motifs is 4. The first-order chi connectivity index (χ1) is 14.3. The van der Waals surface area contributed by atoms with Gasteiger partial charge in [-0.25, -0.2) is 4.79 Å². The van der Waals surface area contributed by atoms with E-state index in [2.05, 4.69) is 68.1 Å². The van der Waals surface area contributed by atoms with Crippen LogP contribution >= 0.6 is 0 Å². The molecule has 29 heavy (non-hydrogen) atoms. The lowest BCUT2D eigenvalue weighted by Crippen LogP contribution is -2.55. The Hall–Kier alpha value is -2.53. The standard InChI is InChI=1S/C24H30N4O/c29-24(28-19-14-25-12-10-23(28)11-13-25)27-17-15-26(16-18-27)22-8-6-21(7-9-22)20-4-2-1-3-5-20/h1-9,23H,10-19H2. The van der Waals surface area contributed by atoms with Crippen LogP contribution in [0.25, 0.3) is 11.1 Å². The molecule has 4 aliphatic heterocycles. The summed E-state index contributed by atoms with van der Waals surface area (Å²) in [6.45, 7) is 7.67. The Kier molecular flexibility index (Phi) is 5.15. The lowest BCUT2D eigenvalue weighted by molar-refractivity contribution is 0.130. The van der Waals surface area contributed by atoms with E-state index in [1.807, 2.05) is 6.07 Å². The average Bonchev–Trinajstić information content (AvgIpc) is 3.13. The molecule has 2 bridgehead atoms. The summed E-state index contributed by atoms with van der Waals surface area (Å²) in [5.41, 5.74) is 3.74. The highest BCUT2D eigenvalue weighted by molar-refractivity contribution is 5.75. The number of rotatable bonds is 2. The first-order valence-corrected chi connectivity index (χ1v) is 11.0. The van der Waals surface area contributed by atoms with E-state index < -0.39 is 0 Å². The summed E-state index contributed by atoms with van der Waals surface area (Å²) in [5.74, 6) is 0. The smallest absolute Gasteiger partial charge is 0.320 e. The molecule has 0 radical (unpaired) electrons. The summed E-state index contributed by atoms with van der Waals surface area (Å²) in [6.07, 6.45) is 2.28. The van der Waals surface area contributed by atoms with Gasteiger partial charge < -0.3 is 19.6 Å². The maximum atomic E-state index is 13.2. The lowest BCUT2D eigenvalue weighted by Gasteiger charge is -2.40. The summed E-state index contributed by atoms with van der Waals surface area (Å²) >= 11 is 0. The van der Waals surface area contributed by atoms with Crippen molar-refractivity contribution in [1.82, 2.24) is 14.7 Å². The van der Waals surface area contributed by atoms with Crippen molar-refractivity contribution in [2.45, 2.75) is 18.9 Å². The zero-order valence-corrected chi connectivity index (χ0v) is 17.0. The van der Waals surface area contributed by atoms with Gasteiger partial charge >= 0.3 is 6.03 Å². The molecule has 0 aliphatic carbocycles. The van der Waals surface area contributed by atoms with E-state index in [1.165, 1.54) is 16.8 Å². The fourth-order valence-electron chi connectivity index (χ4n) is 4.97. The lowest BCUT2D eigenvalue weighted by atomic mass is 10.1. The van der Waals surface area contributed by atoms with E-state index in [0.29, 0.717) is 6.04 Å². The topological polar surface area (TPSA) is 30.0 Å². The first-order valence-electron chi connectivity index (χ1n) is 11.0. The third kappa shape index (κ3) is 3.84. The Morgan fingerprint density at radius 1 is 0.690 bits per heavy atom. The molecule has 0 atom stereocenters. The Morgan fingerprint density at radius 3 is 2.03 bits per heavy atom. The number of urea groups is 1. The molecule has 0 aromatic heterocycles. The molecular formula is C24H30N4O. The highest BCUT2D eigenvalue weighted by Gasteiger charge is 2.34. The van der Waals surface area contributed by atoms with Crippen LogP contribution < -0.4 is 4.90 Å².